The number of hydrogen-bond donors (Lipinski definition) is 0. The van der Waals surface area contributed by atoms with Crippen molar-refractivity contribution in [1.29, 1.82) is 0 Å². The van der Waals surface area contributed by atoms with Crippen molar-refractivity contribution in [3.63, 3.8) is 0 Å². The number of carbonyl (C=O) groups excluding carboxylic acids is 1. The minimum Gasteiger partial charge on any atom is -0.309 e. The Morgan fingerprint density at radius 3 is 2.58 bits per heavy atom. The molecule has 3 heteroatoms. The standard InChI is InChI=1S/C23H31NOS/c1-17-10-8-14-23(3,4)21(17)22(25)24(19-11-6-5-7-12-19)18(2)16-20-13-9-15-26-20/h5-7,9,11-13,15,17-18,21H,8,10,14,16H2,1-4H3. The number of benzene rings is 1. The highest BCUT2D eigenvalue weighted by molar-refractivity contribution is 7.09. The molecule has 0 radical (unpaired) electrons. The lowest BCUT2D eigenvalue weighted by Gasteiger charge is -2.45. The van der Waals surface area contributed by atoms with E-state index < -0.39 is 0 Å². The number of hydrogen-bond acceptors (Lipinski definition) is 2. The largest absolute Gasteiger partial charge is 0.309 e. The first kappa shape index (κ1) is 19.2. The van der Waals surface area contributed by atoms with Crippen LogP contribution >= 0.6 is 11.3 Å². The van der Waals surface area contributed by atoms with E-state index in [0.717, 1.165) is 24.9 Å². The van der Waals surface area contributed by atoms with Gasteiger partial charge in [0.25, 0.3) is 0 Å². The minimum atomic E-state index is 0.0600. The second kappa shape index (κ2) is 7.96. The van der Waals surface area contributed by atoms with Crippen LogP contribution in [0.15, 0.2) is 47.8 Å². The topological polar surface area (TPSA) is 20.3 Å². The lowest BCUT2D eigenvalue weighted by atomic mass is 9.63. The molecule has 0 saturated heterocycles. The Morgan fingerprint density at radius 2 is 1.96 bits per heavy atom. The minimum absolute atomic E-state index is 0.0600. The van der Waals surface area contributed by atoms with Gasteiger partial charge in [0.1, 0.15) is 0 Å². The van der Waals surface area contributed by atoms with Crippen molar-refractivity contribution in [2.24, 2.45) is 17.3 Å². The van der Waals surface area contributed by atoms with Crippen LogP contribution in [0.1, 0.15) is 51.8 Å². The molecule has 0 bridgehead atoms. The normalized spacial score (nSPS) is 23.4. The molecule has 1 aliphatic rings. The Labute approximate surface area is 162 Å². The van der Waals surface area contributed by atoms with E-state index in [4.69, 9.17) is 0 Å². The summed E-state index contributed by atoms with van der Waals surface area (Å²) >= 11 is 1.77. The fraction of sp³-hybridized carbons (Fsp3) is 0.522. The first-order chi connectivity index (χ1) is 12.4. The second-order valence-corrected chi connectivity index (χ2v) is 9.54. The van der Waals surface area contributed by atoms with Crippen LogP contribution in [0.3, 0.4) is 0 Å². The molecule has 26 heavy (non-hydrogen) atoms. The van der Waals surface area contributed by atoms with Gasteiger partial charge in [-0.1, -0.05) is 51.5 Å². The monoisotopic (exact) mass is 369 g/mol. The van der Waals surface area contributed by atoms with Gasteiger partial charge in [0, 0.05) is 28.9 Å². The maximum atomic E-state index is 13.8. The van der Waals surface area contributed by atoms with Crippen LogP contribution in [-0.2, 0) is 11.2 Å². The Morgan fingerprint density at radius 1 is 1.23 bits per heavy atom. The molecule has 1 aromatic heterocycles. The Balaban J connectivity index is 1.93. The summed E-state index contributed by atoms with van der Waals surface area (Å²) < 4.78 is 0. The van der Waals surface area contributed by atoms with Gasteiger partial charge in [0.15, 0.2) is 0 Å². The Kier molecular flexibility index (Phi) is 5.86. The van der Waals surface area contributed by atoms with Gasteiger partial charge in [-0.2, -0.15) is 0 Å². The molecule has 1 aromatic carbocycles. The first-order valence-electron chi connectivity index (χ1n) is 9.80. The number of amides is 1. The van der Waals surface area contributed by atoms with E-state index in [9.17, 15) is 4.79 Å². The van der Waals surface area contributed by atoms with Crippen molar-refractivity contribution in [3.8, 4) is 0 Å². The molecular formula is C23H31NOS. The lowest BCUT2D eigenvalue weighted by Crippen LogP contribution is -2.50. The highest BCUT2D eigenvalue weighted by Crippen LogP contribution is 2.45. The van der Waals surface area contributed by atoms with E-state index >= 15 is 0 Å². The molecule has 1 saturated carbocycles. The zero-order valence-corrected chi connectivity index (χ0v) is 17.3. The zero-order chi connectivity index (χ0) is 18.7. The molecule has 140 valence electrons. The van der Waals surface area contributed by atoms with Gasteiger partial charge >= 0.3 is 0 Å². The third-order valence-corrected chi connectivity index (χ3v) is 6.85. The first-order valence-corrected chi connectivity index (χ1v) is 10.7. The summed E-state index contributed by atoms with van der Waals surface area (Å²) in [6.45, 7) is 9.00. The zero-order valence-electron chi connectivity index (χ0n) is 16.4. The third kappa shape index (κ3) is 4.03. The van der Waals surface area contributed by atoms with E-state index in [-0.39, 0.29) is 17.4 Å². The molecule has 1 fully saturated rings. The molecule has 0 N–H and O–H groups in total. The van der Waals surface area contributed by atoms with Crippen LogP contribution in [0.5, 0.6) is 0 Å². The fourth-order valence-corrected chi connectivity index (χ4v) is 5.52. The molecule has 1 heterocycles. The van der Waals surface area contributed by atoms with Crippen molar-refractivity contribution in [3.05, 3.63) is 52.7 Å². The number of carbonyl (C=O) groups is 1. The van der Waals surface area contributed by atoms with Gasteiger partial charge in [-0.3, -0.25) is 4.79 Å². The Hall–Kier alpha value is -1.61. The molecule has 2 nitrogen and oxygen atoms in total. The molecule has 0 spiro atoms. The van der Waals surface area contributed by atoms with Gasteiger partial charge in [0.2, 0.25) is 5.91 Å². The van der Waals surface area contributed by atoms with Gasteiger partial charge in [-0.15, -0.1) is 11.3 Å². The summed E-state index contributed by atoms with van der Waals surface area (Å²) in [6, 6.07) is 14.6. The van der Waals surface area contributed by atoms with Crippen LogP contribution in [0.25, 0.3) is 0 Å². The number of thiophene rings is 1. The predicted molar refractivity (Wildman–Crippen MR) is 112 cm³/mol. The SMILES string of the molecule is CC1CCCC(C)(C)C1C(=O)N(c1ccccc1)C(C)Cc1cccs1. The van der Waals surface area contributed by atoms with Gasteiger partial charge in [-0.05, 0) is 54.7 Å². The van der Waals surface area contributed by atoms with Crippen molar-refractivity contribution >= 4 is 22.9 Å². The summed E-state index contributed by atoms with van der Waals surface area (Å²) in [4.78, 5) is 17.2. The van der Waals surface area contributed by atoms with Crippen molar-refractivity contribution in [2.45, 2.75) is 59.4 Å². The van der Waals surface area contributed by atoms with E-state index in [2.05, 4.69) is 62.2 Å². The van der Waals surface area contributed by atoms with Gasteiger partial charge < -0.3 is 4.90 Å². The summed E-state index contributed by atoms with van der Waals surface area (Å²) in [5, 5.41) is 2.11. The summed E-state index contributed by atoms with van der Waals surface area (Å²) in [6.07, 6.45) is 4.42. The number of rotatable bonds is 5. The average Bonchev–Trinajstić information content (AvgIpc) is 3.08. The van der Waals surface area contributed by atoms with E-state index in [0.29, 0.717) is 11.8 Å². The molecule has 3 unspecified atom stereocenters. The molecule has 2 aromatic rings. The van der Waals surface area contributed by atoms with Crippen molar-refractivity contribution < 1.29 is 4.79 Å². The smallest absolute Gasteiger partial charge is 0.231 e. The molecule has 0 aliphatic heterocycles. The lowest BCUT2D eigenvalue weighted by molar-refractivity contribution is -0.130. The number of anilines is 1. The molecule has 1 amide bonds. The highest BCUT2D eigenvalue weighted by Gasteiger charge is 2.44. The highest BCUT2D eigenvalue weighted by atomic mass is 32.1. The van der Waals surface area contributed by atoms with Crippen molar-refractivity contribution in [1.82, 2.24) is 0 Å². The maximum absolute atomic E-state index is 13.8. The third-order valence-electron chi connectivity index (χ3n) is 5.95. The molecule has 1 aliphatic carbocycles. The summed E-state index contributed by atoms with van der Waals surface area (Å²) in [5.41, 5.74) is 1.08. The van der Waals surface area contributed by atoms with E-state index in [1.165, 1.54) is 11.3 Å². The Bertz CT molecular complexity index is 707. The van der Waals surface area contributed by atoms with Crippen LogP contribution in [0, 0.1) is 17.3 Å². The maximum Gasteiger partial charge on any atom is 0.231 e. The fourth-order valence-electron chi connectivity index (χ4n) is 4.70. The van der Waals surface area contributed by atoms with Crippen LogP contribution in [0.2, 0.25) is 0 Å². The molecular weight excluding hydrogens is 338 g/mol. The predicted octanol–water partition coefficient (Wildman–Crippen LogP) is 6.17. The van der Waals surface area contributed by atoms with E-state index in [1.807, 2.05) is 18.2 Å². The average molecular weight is 370 g/mol. The number of para-hydroxylation sites is 1. The summed E-state index contributed by atoms with van der Waals surface area (Å²) in [5.74, 6) is 0.825. The van der Waals surface area contributed by atoms with Gasteiger partial charge in [-0.25, -0.2) is 0 Å². The second-order valence-electron chi connectivity index (χ2n) is 8.51. The van der Waals surface area contributed by atoms with Crippen molar-refractivity contribution in [2.75, 3.05) is 4.90 Å². The van der Waals surface area contributed by atoms with Crippen LogP contribution in [0.4, 0.5) is 5.69 Å². The molecule has 3 rings (SSSR count). The summed E-state index contributed by atoms with van der Waals surface area (Å²) in [7, 11) is 0. The van der Waals surface area contributed by atoms with Crippen LogP contribution < -0.4 is 4.90 Å². The van der Waals surface area contributed by atoms with Crippen LogP contribution in [-0.4, -0.2) is 11.9 Å². The number of nitrogens with zero attached hydrogens (tertiary/aromatic N) is 1. The quantitative estimate of drug-likeness (QED) is 0.617. The molecule has 3 atom stereocenters. The van der Waals surface area contributed by atoms with E-state index in [1.54, 1.807) is 11.3 Å². The van der Waals surface area contributed by atoms with Gasteiger partial charge in [0.05, 0.1) is 0 Å².